The number of nitrogens with zero attached hydrogens (tertiary/aromatic N) is 1. The number of aryl methyl sites for hydroxylation is 1. The van der Waals surface area contributed by atoms with Gasteiger partial charge in [0, 0.05) is 24.7 Å². The zero-order valence-electron chi connectivity index (χ0n) is 13.3. The van der Waals surface area contributed by atoms with Gasteiger partial charge >= 0.3 is 0 Å². The molecule has 6 heteroatoms. The molecule has 0 radical (unpaired) electrons. The summed E-state index contributed by atoms with van der Waals surface area (Å²) >= 11 is 0. The highest BCUT2D eigenvalue weighted by molar-refractivity contribution is 7.89. The van der Waals surface area contributed by atoms with Crippen LogP contribution in [0.1, 0.15) is 51.6 Å². The number of sulfonamides is 1. The molecule has 0 unspecified atom stereocenters. The zero-order chi connectivity index (χ0) is 15.6. The third kappa shape index (κ3) is 3.87. The fraction of sp³-hybridized carbons (Fsp3) is 0.733. The molecule has 2 rings (SSSR count). The lowest BCUT2D eigenvalue weighted by Gasteiger charge is -2.20. The van der Waals surface area contributed by atoms with Gasteiger partial charge in [-0.1, -0.05) is 20.8 Å². The Morgan fingerprint density at radius 3 is 2.62 bits per heavy atom. The van der Waals surface area contributed by atoms with Gasteiger partial charge in [-0.3, -0.25) is 0 Å². The number of nitrogens with one attached hydrogen (secondary N) is 1. The van der Waals surface area contributed by atoms with Gasteiger partial charge in [-0.2, -0.15) is 4.31 Å². The average Bonchev–Trinajstić information content (AvgIpc) is 3.16. The van der Waals surface area contributed by atoms with Crippen LogP contribution in [-0.2, 0) is 16.6 Å². The van der Waals surface area contributed by atoms with Crippen LogP contribution in [0.4, 0.5) is 0 Å². The molecule has 1 aliphatic carbocycles. The Bertz CT molecular complexity index is 574. The molecule has 0 atom stereocenters. The second-order valence-corrected chi connectivity index (χ2v) is 7.87. The van der Waals surface area contributed by atoms with E-state index in [0.29, 0.717) is 35.5 Å². The van der Waals surface area contributed by atoms with Crippen molar-refractivity contribution in [2.75, 3.05) is 6.54 Å². The molecule has 1 heterocycles. The quantitative estimate of drug-likeness (QED) is 0.801. The lowest BCUT2D eigenvalue weighted by molar-refractivity contribution is 0.400. The van der Waals surface area contributed by atoms with Crippen LogP contribution in [0.25, 0.3) is 0 Å². The first-order valence-electron chi connectivity index (χ1n) is 7.70. The Morgan fingerprint density at radius 1 is 1.43 bits per heavy atom. The van der Waals surface area contributed by atoms with Crippen molar-refractivity contribution in [3.63, 3.8) is 0 Å². The maximum atomic E-state index is 12.8. The first-order valence-corrected chi connectivity index (χ1v) is 9.14. The van der Waals surface area contributed by atoms with Crippen LogP contribution >= 0.6 is 0 Å². The summed E-state index contributed by atoms with van der Waals surface area (Å²) in [4.78, 5) is 0.323. The predicted molar refractivity (Wildman–Crippen MR) is 82.6 cm³/mol. The van der Waals surface area contributed by atoms with Crippen LogP contribution in [0, 0.1) is 6.92 Å². The van der Waals surface area contributed by atoms with Crippen LogP contribution in [0.5, 0.6) is 0 Å². The second-order valence-electron chi connectivity index (χ2n) is 6.02. The molecule has 1 aliphatic rings. The smallest absolute Gasteiger partial charge is 0.246 e. The number of hydrogen-bond donors (Lipinski definition) is 1. The maximum absolute atomic E-state index is 12.8. The summed E-state index contributed by atoms with van der Waals surface area (Å²) in [5, 5.41) is 3.24. The van der Waals surface area contributed by atoms with Gasteiger partial charge in [0.2, 0.25) is 10.0 Å². The average molecular weight is 314 g/mol. The molecular formula is C15H26N2O3S. The van der Waals surface area contributed by atoms with Crippen molar-refractivity contribution in [1.29, 1.82) is 0 Å². The first kappa shape index (κ1) is 16.5. The maximum Gasteiger partial charge on any atom is 0.246 e. The van der Waals surface area contributed by atoms with E-state index in [2.05, 4.69) is 5.32 Å². The summed E-state index contributed by atoms with van der Waals surface area (Å²) in [6.45, 7) is 8.95. The monoisotopic (exact) mass is 314 g/mol. The largest absolute Gasteiger partial charge is 0.464 e. The summed E-state index contributed by atoms with van der Waals surface area (Å²) in [7, 11) is -3.44. The molecule has 1 aromatic heterocycles. The van der Waals surface area contributed by atoms with Crippen molar-refractivity contribution in [1.82, 2.24) is 9.62 Å². The van der Waals surface area contributed by atoms with E-state index in [1.807, 2.05) is 20.8 Å². The van der Waals surface area contributed by atoms with Gasteiger partial charge < -0.3 is 9.73 Å². The zero-order valence-corrected chi connectivity index (χ0v) is 14.2. The molecule has 0 saturated heterocycles. The van der Waals surface area contributed by atoms with Gasteiger partial charge in [0.15, 0.2) is 0 Å². The van der Waals surface area contributed by atoms with Crippen LogP contribution in [-0.4, -0.2) is 31.4 Å². The minimum atomic E-state index is -3.44. The van der Waals surface area contributed by atoms with Crippen molar-refractivity contribution in [3.8, 4) is 0 Å². The summed E-state index contributed by atoms with van der Waals surface area (Å²) < 4.78 is 32.9. The minimum Gasteiger partial charge on any atom is -0.464 e. The SMILES string of the molecule is CCCN(C1CC1)S(=O)(=O)c1cc(CNC(C)C)oc1C. The van der Waals surface area contributed by atoms with Gasteiger partial charge in [0.25, 0.3) is 0 Å². The highest BCUT2D eigenvalue weighted by atomic mass is 32.2. The summed E-state index contributed by atoms with van der Waals surface area (Å²) in [6, 6.07) is 2.19. The topological polar surface area (TPSA) is 62.6 Å². The van der Waals surface area contributed by atoms with Crippen LogP contribution in [0.3, 0.4) is 0 Å². The fourth-order valence-corrected chi connectivity index (χ4v) is 4.34. The molecule has 1 fully saturated rings. The van der Waals surface area contributed by atoms with E-state index in [-0.39, 0.29) is 6.04 Å². The summed E-state index contributed by atoms with van der Waals surface area (Å²) in [6.07, 6.45) is 2.77. The van der Waals surface area contributed by atoms with E-state index in [0.717, 1.165) is 19.3 Å². The van der Waals surface area contributed by atoms with Gasteiger partial charge in [-0.25, -0.2) is 8.42 Å². The highest BCUT2D eigenvalue weighted by Gasteiger charge is 2.39. The molecule has 0 aliphatic heterocycles. The lowest BCUT2D eigenvalue weighted by atomic mass is 10.3. The highest BCUT2D eigenvalue weighted by Crippen LogP contribution is 2.34. The Kier molecular flexibility index (Phi) is 5.11. The fourth-order valence-electron chi connectivity index (χ4n) is 2.38. The molecule has 0 spiro atoms. The molecule has 120 valence electrons. The molecule has 1 N–H and O–H groups in total. The van der Waals surface area contributed by atoms with Crippen LogP contribution in [0.2, 0.25) is 0 Å². The second kappa shape index (κ2) is 6.50. The third-order valence-electron chi connectivity index (χ3n) is 3.59. The van der Waals surface area contributed by atoms with E-state index < -0.39 is 10.0 Å². The van der Waals surface area contributed by atoms with E-state index >= 15 is 0 Å². The van der Waals surface area contributed by atoms with Gasteiger partial charge in [-0.15, -0.1) is 0 Å². The minimum absolute atomic E-state index is 0.182. The van der Waals surface area contributed by atoms with Crippen molar-refractivity contribution in [3.05, 3.63) is 17.6 Å². The summed E-state index contributed by atoms with van der Waals surface area (Å²) in [5.74, 6) is 1.16. The first-order chi connectivity index (χ1) is 9.86. The standard InChI is InChI=1S/C15H26N2O3S/c1-5-8-17(13-6-7-13)21(18,19)15-9-14(20-12(15)4)10-16-11(2)3/h9,11,13,16H,5-8,10H2,1-4H3. The number of furan rings is 1. The van der Waals surface area contributed by atoms with E-state index in [1.165, 1.54) is 0 Å². The van der Waals surface area contributed by atoms with Crippen molar-refractivity contribution in [2.24, 2.45) is 0 Å². The Morgan fingerprint density at radius 2 is 2.10 bits per heavy atom. The van der Waals surface area contributed by atoms with E-state index in [4.69, 9.17) is 4.42 Å². The van der Waals surface area contributed by atoms with Gasteiger partial charge in [0.05, 0.1) is 6.54 Å². The van der Waals surface area contributed by atoms with Crippen molar-refractivity contribution < 1.29 is 12.8 Å². The third-order valence-corrected chi connectivity index (χ3v) is 5.65. The molecule has 5 nitrogen and oxygen atoms in total. The summed E-state index contributed by atoms with van der Waals surface area (Å²) in [5.41, 5.74) is 0. The van der Waals surface area contributed by atoms with Gasteiger partial charge in [-0.05, 0) is 26.2 Å². The molecule has 0 bridgehead atoms. The van der Waals surface area contributed by atoms with Gasteiger partial charge in [0.1, 0.15) is 16.4 Å². The molecule has 0 amide bonds. The molecule has 21 heavy (non-hydrogen) atoms. The Labute approximate surface area is 127 Å². The normalized spacial score (nSPS) is 16.1. The number of rotatable bonds is 8. The predicted octanol–water partition coefficient (Wildman–Crippen LogP) is 2.65. The molecular weight excluding hydrogens is 288 g/mol. The Balaban J connectivity index is 2.22. The van der Waals surface area contributed by atoms with E-state index in [1.54, 1.807) is 17.3 Å². The number of hydrogen-bond acceptors (Lipinski definition) is 4. The molecule has 0 aromatic carbocycles. The lowest BCUT2D eigenvalue weighted by Crippen LogP contribution is -2.34. The van der Waals surface area contributed by atoms with E-state index in [9.17, 15) is 8.42 Å². The van der Waals surface area contributed by atoms with Crippen LogP contribution < -0.4 is 5.32 Å². The molecule has 1 saturated carbocycles. The Hall–Kier alpha value is -0.850. The molecule has 1 aromatic rings. The van der Waals surface area contributed by atoms with Crippen molar-refractivity contribution in [2.45, 2.75) is 70.5 Å². The van der Waals surface area contributed by atoms with Crippen molar-refractivity contribution >= 4 is 10.0 Å². The van der Waals surface area contributed by atoms with Crippen LogP contribution in [0.15, 0.2) is 15.4 Å².